The summed E-state index contributed by atoms with van der Waals surface area (Å²) >= 11 is 0. The fraction of sp³-hybridized carbons (Fsp3) is 0.870. The van der Waals surface area contributed by atoms with Crippen molar-refractivity contribution >= 4 is 5.91 Å². The molecule has 0 aliphatic carbocycles. The van der Waals surface area contributed by atoms with Crippen molar-refractivity contribution in [1.82, 2.24) is 5.32 Å². The van der Waals surface area contributed by atoms with Crippen LogP contribution >= 0.6 is 0 Å². The Hall–Kier alpha value is -1.43. The third kappa shape index (κ3) is 45.9. The van der Waals surface area contributed by atoms with E-state index in [1.165, 1.54) is 212 Å². The molecule has 4 N–H and O–H groups in total. The Bertz CT molecular complexity index is 916. The van der Waals surface area contributed by atoms with Crippen molar-refractivity contribution in [2.24, 2.45) is 0 Å². The average molecular weight is 830 g/mol. The third-order valence-electron chi connectivity index (χ3n) is 12.2. The summed E-state index contributed by atoms with van der Waals surface area (Å²) in [5.41, 5.74) is 0. The van der Waals surface area contributed by atoms with Crippen molar-refractivity contribution in [2.45, 2.75) is 295 Å². The summed E-state index contributed by atoms with van der Waals surface area (Å²) in [4.78, 5) is 12.5. The first-order valence-corrected chi connectivity index (χ1v) is 26.3. The smallest absolute Gasteiger partial charge is 0.222 e. The highest BCUT2D eigenvalue weighted by atomic mass is 16.3. The zero-order valence-corrected chi connectivity index (χ0v) is 39.6. The second kappa shape index (κ2) is 49.2. The van der Waals surface area contributed by atoms with Crippen LogP contribution in [0.2, 0.25) is 0 Å². The summed E-state index contributed by atoms with van der Waals surface area (Å²) in [6.45, 7) is 4.19. The summed E-state index contributed by atoms with van der Waals surface area (Å²) in [6, 6.07) is -0.765. The monoisotopic (exact) mass is 830 g/mol. The fourth-order valence-corrected chi connectivity index (χ4v) is 8.14. The van der Waals surface area contributed by atoms with Crippen LogP contribution in [0.4, 0.5) is 0 Å². The number of carbonyl (C=O) groups is 1. The highest BCUT2D eigenvalue weighted by Crippen LogP contribution is 2.17. The van der Waals surface area contributed by atoms with Crippen molar-refractivity contribution in [2.75, 3.05) is 6.61 Å². The van der Waals surface area contributed by atoms with E-state index >= 15 is 0 Å². The number of nitrogens with one attached hydrogen (secondary N) is 1. The quantitative estimate of drug-likeness (QED) is 0.0363. The first-order chi connectivity index (χ1) is 29.0. The molecule has 0 aromatic heterocycles. The van der Waals surface area contributed by atoms with Gasteiger partial charge in [-0.25, -0.2) is 0 Å². The number of rotatable bonds is 48. The van der Waals surface area contributed by atoms with Crippen LogP contribution in [0.3, 0.4) is 0 Å². The first kappa shape index (κ1) is 57.6. The Morgan fingerprint density at radius 3 is 1.08 bits per heavy atom. The van der Waals surface area contributed by atoms with E-state index in [2.05, 4.69) is 43.5 Å². The lowest BCUT2D eigenvalue weighted by Gasteiger charge is -2.21. The van der Waals surface area contributed by atoms with Gasteiger partial charge in [0.15, 0.2) is 0 Å². The lowest BCUT2D eigenvalue weighted by Crippen LogP contribution is -2.45. The SMILES string of the molecule is CCCCCC/C=C/CC/C=C/CC/C=C/C(O)C(CO)NC(=O)CC(O)CCCCCCCCCCCCCCCCCCCCCCCCCCCCCCCC. The molecule has 0 rings (SSSR count). The van der Waals surface area contributed by atoms with Gasteiger partial charge in [-0.15, -0.1) is 0 Å². The number of hydrogen-bond acceptors (Lipinski definition) is 4. The molecule has 59 heavy (non-hydrogen) atoms. The Balaban J connectivity index is 3.53. The number of carbonyl (C=O) groups excluding carboxylic acids is 1. The maximum atomic E-state index is 12.5. The molecule has 0 radical (unpaired) electrons. The van der Waals surface area contributed by atoms with Crippen molar-refractivity contribution in [3.63, 3.8) is 0 Å². The molecule has 0 aliphatic rings. The minimum Gasteiger partial charge on any atom is -0.394 e. The molecular weight excluding hydrogens is 727 g/mol. The van der Waals surface area contributed by atoms with Gasteiger partial charge < -0.3 is 20.6 Å². The number of amides is 1. The van der Waals surface area contributed by atoms with E-state index < -0.39 is 18.2 Å². The largest absolute Gasteiger partial charge is 0.394 e. The first-order valence-electron chi connectivity index (χ1n) is 26.3. The molecule has 0 aromatic carbocycles. The van der Waals surface area contributed by atoms with Crippen molar-refractivity contribution in [3.8, 4) is 0 Å². The number of aliphatic hydroxyl groups excluding tert-OH is 3. The second-order valence-electron chi connectivity index (χ2n) is 18.1. The Morgan fingerprint density at radius 1 is 0.424 bits per heavy atom. The van der Waals surface area contributed by atoms with Gasteiger partial charge >= 0.3 is 0 Å². The maximum Gasteiger partial charge on any atom is 0.222 e. The Kier molecular flexibility index (Phi) is 48.0. The van der Waals surface area contributed by atoms with Gasteiger partial charge in [0, 0.05) is 0 Å². The van der Waals surface area contributed by atoms with Crippen molar-refractivity contribution in [3.05, 3.63) is 36.5 Å². The van der Waals surface area contributed by atoms with Crippen LogP contribution < -0.4 is 5.32 Å². The molecule has 0 aliphatic heterocycles. The molecule has 0 fully saturated rings. The summed E-state index contributed by atoms with van der Waals surface area (Å²) in [5, 5.41) is 33.3. The van der Waals surface area contributed by atoms with Crippen LogP contribution in [0.5, 0.6) is 0 Å². The van der Waals surface area contributed by atoms with Gasteiger partial charge in [0.05, 0.1) is 31.3 Å². The predicted octanol–water partition coefficient (Wildman–Crippen LogP) is 15.9. The number of hydrogen-bond donors (Lipinski definition) is 4. The lowest BCUT2D eigenvalue weighted by atomic mass is 10.0. The van der Waals surface area contributed by atoms with E-state index in [-0.39, 0.29) is 18.9 Å². The molecule has 0 saturated carbocycles. The minimum absolute atomic E-state index is 0.00530. The molecule has 0 heterocycles. The third-order valence-corrected chi connectivity index (χ3v) is 12.2. The number of allylic oxidation sites excluding steroid dienone is 5. The van der Waals surface area contributed by atoms with E-state index in [9.17, 15) is 20.1 Å². The zero-order valence-electron chi connectivity index (χ0n) is 39.6. The van der Waals surface area contributed by atoms with Crippen LogP contribution in [0.25, 0.3) is 0 Å². The molecule has 1 amide bonds. The van der Waals surface area contributed by atoms with E-state index in [4.69, 9.17) is 0 Å². The van der Waals surface area contributed by atoms with E-state index in [0.29, 0.717) is 6.42 Å². The van der Waals surface area contributed by atoms with Gasteiger partial charge in [-0.05, 0) is 44.9 Å². The van der Waals surface area contributed by atoms with Crippen LogP contribution in [-0.4, -0.2) is 46.1 Å². The Morgan fingerprint density at radius 2 is 0.729 bits per heavy atom. The molecule has 0 spiro atoms. The second-order valence-corrected chi connectivity index (χ2v) is 18.1. The zero-order chi connectivity index (χ0) is 43.0. The summed E-state index contributed by atoms with van der Waals surface area (Å²) in [6.07, 6.45) is 63.3. The standard InChI is InChI=1S/C54H103NO4/c1-3-5-7-9-11-13-15-17-19-20-21-22-23-24-25-26-27-28-29-30-31-32-33-34-35-37-39-41-43-45-47-51(57)49-54(59)55-52(50-56)53(58)48-46-44-42-40-38-36-18-16-14-12-10-8-6-4-2/h14,16,38,40,46,48,51-53,56-58H,3-13,15,17-37,39,41-45,47,49-50H2,1-2H3,(H,55,59)/b16-14+,40-38+,48-46+. The van der Waals surface area contributed by atoms with Gasteiger partial charge in [0.1, 0.15) is 0 Å². The summed E-state index contributed by atoms with van der Waals surface area (Å²) in [7, 11) is 0. The number of aliphatic hydroxyl groups is 3. The fourth-order valence-electron chi connectivity index (χ4n) is 8.14. The molecule has 0 bridgehead atoms. The van der Waals surface area contributed by atoms with Gasteiger partial charge in [0.2, 0.25) is 5.91 Å². The van der Waals surface area contributed by atoms with E-state index in [1.807, 2.05) is 6.08 Å². The number of unbranched alkanes of at least 4 members (excludes halogenated alkanes) is 35. The molecule has 3 unspecified atom stereocenters. The predicted molar refractivity (Wildman–Crippen MR) is 259 cm³/mol. The summed E-state index contributed by atoms with van der Waals surface area (Å²) in [5.74, 6) is -0.326. The normalized spacial score (nSPS) is 13.6. The highest BCUT2D eigenvalue weighted by molar-refractivity contribution is 5.76. The summed E-state index contributed by atoms with van der Waals surface area (Å²) < 4.78 is 0. The lowest BCUT2D eigenvalue weighted by molar-refractivity contribution is -0.124. The maximum absolute atomic E-state index is 12.5. The Labute approximate surface area is 368 Å². The molecule has 0 aromatic rings. The van der Waals surface area contributed by atoms with Crippen molar-refractivity contribution in [1.29, 1.82) is 0 Å². The minimum atomic E-state index is -0.958. The average Bonchev–Trinajstić information content (AvgIpc) is 3.23. The molecule has 348 valence electrons. The van der Waals surface area contributed by atoms with Crippen LogP contribution in [0, 0.1) is 0 Å². The van der Waals surface area contributed by atoms with Gasteiger partial charge in [0.25, 0.3) is 0 Å². The van der Waals surface area contributed by atoms with Crippen LogP contribution in [-0.2, 0) is 4.79 Å². The van der Waals surface area contributed by atoms with Crippen LogP contribution in [0.15, 0.2) is 36.5 Å². The topological polar surface area (TPSA) is 89.8 Å². The van der Waals surface area contributed by atoms with Crippen molar-refractivity contribution < 1.29 is 20.1 Å². The molecular formula is C54H103NO4. The van der Waals surface area contributed by atoms with Gasteiger partial charge in [-0.3, -0.25) is 4.79 Å². The highest BCUT2D eigenvalue weighted by Gasteiger charge is 2.20. The molecule has 5 heteroatoms. The molecule has 5 nitrogen and oxygen atoms in total. The van der Waals surface area contributed by atoms with E-state index in [1.54, 1.807) is 6.08 Å². The van der Waals surface area contributed by atoms with E-state index in [0.717, 1.165) is 38.5 Å². The van der Waals surface area contributed by atoms with Gasteiger partial charge in [-0.2, -0.15) is 0 Å². The molecule has 0 saturated heterocycles. The van der Waals surface area contributed by atoms with Crippen LogP contribution in [0.1, 0.15) is 277 Å². The van der Waals surface area contributed by atoms with Gasteiger partial charge in [-0.1, -0.05) is 262 Å². The molecule has 3 atom stereocenters.